The van der Waals surface area contributed by atoms with E-state index in [-0.39, 0.29) is 35.7 Å². The van der Waals surface area contributed by atoms with E-state index in [0.717, 1.165) is 70.1 Å². The summed E-state index contributed by atoms with van der Waals surface area (Å²) in [7, 11) is 2.57. The number of fused-ring (bicyclic) bond motifs is 2. The summed E-state index contributed by atoms with van der Waals surface area (Å²) in [6.45, 7) is 8.69. The van der Waals surface area contributed by atoms with E-state index in [9.17, 15) is 19.2 Å². The van der Waals surface area contributed by atoms with Crippen molar-refractivity contribution in [3.63, 3.8) is 0 Å². The number of amides is 4. The highest BCUT2D eigenvalue weighted by Gasteiger charge is 2.39. The minimum absolute atomic E-state index is 0.135. The standard InChI is InChI=1S/C44H50N8O8/c1-23(2)35(49-43(55)57-5)41(53)51-17-7-9-33(51)39-45-21-31(47-39)25-11-13-27(37-29(25)15-19-59-37)28-14-12-26(30-16-20-60-38(28)30)32-22-46-40(48-32)34-10-8-18-52(34)42(54)36(24(3)4)50-44(56)58-6/h11-16,19-24,33-36H,7-10,17-18H2,1-6H3,(H,45,47)(H,46,48)(H,49,55)(H,50,56). The maximum absolute atomic E-state index is 13.7. The Hall–Kier alpha value is -6.58. The zero-order chi connectivity index (χ0) is 42.2. The van der Waals surface area contributed by atoms with Crippen LogP contribution in [0.1, 0.15) is 77.1 Å². The van der Waals surface area contributed by atoms with Gasteiger partial charge in [0.05, 0.1) is 62.6 Å². The fourth-order valence-electron chi connectivity index (χ4n) is 8.69. The monoisotopic (exact) mass is 818 g/mol. The van der Waals surface area contributed by atoms with Gasteiger partial charge in [-0.1, -0.05) is 39.8 Å². The number of nitrogens with zero attached hydrogens (tertiary/aromatic N) is 4. The number of hydrogen-bond donors (Lipinski definition) is 4. The molecule has 0 aliphatic carbocycles. The molecule has 4 amide bonds. The number of ether oxygens (including phenoxy) is 2. The Morgan fingerprint density at radius 3 is 1.43 bits per heavy atom. The van der Waals surface area contributed by atoms with Gasteiger partial charge in [0.15, 0.2) is 0 Å². The number of likely N-dealkylation sites (tertiary alicyclic amines) is 2. The number of aromatic nitrogens is 4. The normalized spacial score (nSPS) is 17.8. The summed E-state index contributed by atoms with van der Waals surface area (Å²) in [6.07, 6.45) is 8.72. The van der Waals surface area contributed by atoms with Crippen molar-refractivity contribution < 1.29 is 37.5 Å². The molecule has 314 valence electrons. The molecule has 2 aliphatic heterocycles. The molecule has 2 aliphatic rings. The van der Waals surface area contributed by atoms with E-state index in [1.165, 1.54) is 14.2 Å². The Balaban J connectivity index is 1.05. The van der Waals surface area contributed by atoms with Gasteiger partial charge in [-0.15, -0.1) is 0 Å². The van der Waals surface area contributed by atoms with Crippen LogP contribution in [0.15, 0.2) is 70.2 Å². The fourth-order valence-corrected chi connectivity index (χ4v) is 8.69. The number of carbonyl (C=O) groups excluding carboxylic acids is 4. The summed E-state index contributed by atoms with van der Waals surface area (Å²) in [5.41, 5.74) is 6.40. The van der Waals surface area contributed by atoms with Gasteiger partial charge in [0.2, 0.25) is 11.8 Å². The Bertz CT molecular complexity index is 2370. The predicted molar refractivity (Wildman–Crippen MR) is 222 cm³/mol. The third kappa shape index (κ3) is 7.34. The van der Waals surface area contributed by atoms with Crippen molar-refractivity contribution in [3.8, 4) is 33.6 Å². The first-order chi connectivity index (χ1) is 29.0. The number of methoxy groups -OCH3 is 2. The third-order valence-corrected chi connectivity index (χ3v) is 11.8. The van der Waals surface area contributed by atoms with Crippen LogP contribution in [0.2, 0.25) is 0 Å². The fraction of sp³-hybridized carbons (Fsp3) is 0.409. The average Bonchev–Trinajstić information content (AvgIpc) is 4.10. The van der Waals surface area contributed by atoms with Crippen LogP contribution >= 0.6 is 0 Å². The molecular formula is C44H50N8O8. The summed E-state index contributed by atoms with van der Waals surface area (Å²) in [4.78, 5) is 71.6. The smallest absolute Gasteiger partial charge is 0.407 e. The van der Waals surface area contributed by atoms with Gasteiger partial charge in [0.1, 0.15) is 34.9 Å². The second-order valence-electron chi connectivity index (χ2n) is 16.1. The molecule has 2 saturated heterocycles. The third-order valence-electron chi connectivity index (χ3n) is 11.8. The van der Waals surface area contributed by atoms with Crippen LogP contribution in [-0.2, 0) is 19.1 Å². The zero-order valence-electron chi connectivity index (χ0n) is 34.5. The first-order valence-corrected chi connectivity index (χ1v) is 20.4. The molecule has 0 saturated carbocycles. The number of alkyl carbamates (subject to hydrolysis) is 2. The molecule has 0 radical (unpaired) electrons. The van der Waals surface area contributed by atoms with Gasteiger partial charge in [0, 0.05) is 46.1 Å². The second-order valence-corrected chi connectivity index (χ2v) is 16.1. The van der Waals surface area contributed by atoms with Gasteiger partial charge >= 0.3 is 12.2 Å². The lowest BCUT2D eigenvalue weighted by Gasteiger charge is -2.30. The van der Waals surface area contributed by atoms with Crippen molar-refractivity contribution in [3.05, 3.63) is 73.0 Å². The molecule has 60 heavy (non-hydrogen) atoms. The molecule has 4 aromatic heterocycles. The highest BCUT2D eigenvalue weighted by molar-refractivity contribution is 6.08. The molecule has 0 bridgehead atoms. The topological polar surface area (TPSA) is 201 Å². The lowest BCUT2D eigenvalue weighted by Crippen LogP contribution is -2.51. The number of carbonyl (C=O) groups is 4. The van der Waals surface area contributed by atoms with Crippen LogP contribution in [0.4, 0.5) is 9.59 Å². The summed E-state index contributed by atoms with van der Waals surface area (Å²) in [5.74, 6) is 0.747. The number of hydrogen-bond acceptors (Lipinski definition) is 10. The molecular weight excluding hydrogens is 769 g/mol. The van der Waals surface area contributed by atoms with Crippen LogP contribution in [0.5, 0.6) is 0 Å². The molecule has 4 atom stereocenters. The van der Waals surface area contributed by atoms with Crippen molar-refractivity contribution in [1.82, 2.24) is 40.4 Å². The first kappa shape index (κ1) is 40.2. The van der Waals surface area contributed by atoms with E-state index in [4.69, 9.17) is 28.3 Å². The van der Waals surface area contributed by atoms with Crippen LogP contribution in [0.3, 0.4) is 0 Å². The molecule has 4 N–H and O–H groups in total. The van der Waals surface area contributed by atoms with Gasteiger partial charge < -0.3 is 48.7 Å². The number of benzene rings is 2. The van der Waals surface area contributed by atoms with Crippen LogP contribution in [0, 0.1) is 11.8 Å². The van der Waals surface area contributed by atoms with E-state index in [1.807, 2.05) is 64.1 Å². The molecule has 8 rings (SSSR count). The molecule has 2 fully saturated rings. The minimum atomic E-state index is -0.723. The highest BCUT2D eigenvalue weighted by atomic mass is 16.5. The Morgan fingerprint density at radius 2 is 1.05 bits per heavy atom. The number of aromatic amines is 2. The van der Waals surface area contributed by atoms with E-state index in [1.54, 1.807) is 34.7 Å². The van der Waals surface area contributed by atoms with Crippen molar-refractivity contribution in [2.24, 2.45) is 11.8 Å². The minimum Gasteiger partial charge on any atom is -0.464 e. The van der Waals surface area contributed by atoms with Crippen molar-refractivity contribution in [2.45, 2.75) is 77.5 Å². The molecule has 0 spiro atoms. The number of H-pyrrole nitrogens is 2. The predicted octanol–water partition coefficient (Wildman–Crippen LogP) is 7.71. The largest absolute Gasteiger partial charge is 0.464 e. The second kappa shape index (κ2) is 16.6. The highest BCUT2D eigenvalue weighted by Crippen LogP contribution is 2.42. The van der Waals surface area contributed by atoms with Crippen molar-refractivity contribution in [1.29, 1.82) is 0 Å². The lowest BCUT2D eigenvalue weighted by molar-refractivity contribution is -0.136. The number of furan rings is 2. The van der Waals surface area contributed by atoms with Crippen molar-refractivity contribution in [2.75, 3.05) is 27.3 Å². The molecule has 4 unspecified atom stereocenters. The first-order valence-electron chi connectivity index (χ1n) is 20.4. The number of rotatable bonds is 11. The van der Waals surface area contributed by atoms with E-state index >= 15 is 0 Å². The van der Waals surface area contributed by atoms with E-state index < -0.39 is 24.3 Å². The quantitative estimate of drug-likeness (QED) is 0.100. The van der Waals surface area contributed by atoms with Crippen LogP contribution < -0.4 is 10.6 Å². The SMILES string of the molecule is COC(=O)NC(C(=O)N1CCCC1c1ncc(-c2ccc(-c3ccc(-c4cnc(C5CCCN5C(=O)C(NC(=O)OC)C(C)C)[nH]4)c4ccoc34)c3occc23)[nH]1)C(C)C. The summed E-state index contributed by atoms with van der Waals surface area (Å²) < 4.78 is 21.9. The molecule has 6 aromatic rings. The lowest BCUT2D eigenvalue weighted by atomic mass is 9.96. The van der Waals surface area contributed by atoms with Gasteiger partial charge in [-0.05, 0) is 61.8 Å². The Labute approximate surface area is 346 Å². The maximum atomic E-state index is 13.7. The molecule has 16 nitrogen and oxygen atoms in total. The average molecular weight is 819 g/mol. The van der Waals surface area contributed by atoms with Gasteiger partial charge in [0.25, 0.3) is 0 Å². The van der Waals surface area contributed by atoms with Crippen LogP contribution in [0.25, 0.3) is 55.6 Å². The summed E-state index contributed by atoms with van der Waals surface area (Å²) in [5, 5.41) is 7.16. The Morgan fingerprint density at radius 1 is 0.650 bits per heavy atom. The number of nitrogens with one attached hydrogen (secondary N) is 4. The summed E-state index contributed by atoms with van der Waals surface area (Å²) in [6, 6.07) is 9.95. The zero-order valence-corrected chi connectivity index (χ0v) is 34.5. The molecule has 2 aromatic carbocycles. The van der Waals surface area contributed by atoms with Crippen molar-refractivity contribution >= 4 is 45.9 Å². The molecule has 16 heteroatoms. The summed E-state index contributed by atoms with van der Waals surface area (Å²) >= 11 is 0. The Kier molecular flexibility index (Phi) is 11.1. The van der Waals surface area contributed by atoms with E-state index in [0.29, 0.717) is 35.9 Å². The molecule has 6 heterocycles. The van der Waals surface area contributed by atoms with Gasteiger partial charge in [-0.3, -0.25) is 9.59 Å². The van der Waals surface area contributed by atoms with Crippen LogP contribution in [-0.4, -0.2) is 93.1 Å². The number of imidazole rings is 2. The van der Waals surface area contributed by atoms with Gasteiger partial charge in [-0.25, -0.2) is 19.6 Å². The maximum Gasteiger partial charge on any atom is 0.407 e. The van der Waals surface area contributed by atoms with Gasteiger partial charge in [-0.2, -0.15) is 0 Å². The van der Waals surface area contributed by atoms with E-state index in [2.05, 4.69) is 20.6 Å².